The average molecular weight is 474 g/mol. The van der Waals surface area contributed by atoms with E-state index in [1.54, 1.807) is 35.6 Å². The molecule has 0 bridgehead atoms. The Hall–Kier alpha value is -3.75. The van der Waals surface area contributed by atoms with E-state index in [-0.39, 0.29) is 18.9 Å². The lowest BCUT2D eigenvalue weighted by Crippen LogP contribution is -2.44. The summed E-state index contributed by atoms with van der Waals surface area (Å²) in [6.45, 7) is 2.10. The van der Waals surface area contributed by atoms with E-state index in [0.29, 0.717) is 11.4 Å². The molecule has 2 amide bonds. The molecule has 0 spiro atoms. The molecule has 5 rings (SSSR count). The molecule has 0 saturated carbocycles. The van der Waals surface area contributed by atoms with Crippen LogP contribution in [0, 0.1) is 6.92 Å². The van der Waals surface area contributed by atoms with Crippen LogP contribution < -0.4 is 10.1 Å². The summed E-state index contributed by atoms with van der Waals surface area (Å²) in [6.07, 6.45) is -1.30. The first-order valence-electron chi connectivity index (χ1n) is 11.0. The predicted molar refractivity (Wildman–Crippen MR) is 132 cm³/mol. The number of nitrogens with zero attached hydrogens (tertiary/aromatic N) is 2. The van der Waals surface area contributed by atoms with Crippen molar-refractivity contribution in [3.05, 3.63) is 78.4 Å². The zero-order valence-corrected chi connectivity index (χ0v) is 19.3. The molecule has 1 aromatic heterocycles. The highest BCUT2D eigenvalue weighted by Crippen LogP contribution is 2.31. The first kappa shape index (κ1) is 22.1. The number of thiazole rings is 1. The number of amides is 2. The van der Waals surface area contributed by atoms with Crippen LogP contribution in [0.5, 0.6) is 5.75 Å². The molecule has 172 valence electrons. The van der Waals surface area contributed by atoms with Gasteiger partial charge in [0.25, 0.3) is 0 Å². The number of aromatic nitrogens is 1. The number of likely N-dealkylation sites (tertiary alicyclic amines) is 1. The summed E-state index contributed by atoms with van der Waals surface area (Å²) in [5.41, 5.74) is 3.72. The molecule has 3 aromatic carbocycles. The summed E-state index contributed by atoms with van der Waals surface area (Å²) in [5.74, 6) is 0.0124. The van der Waals surface area contributed by atoms with Crippen molar-refractivity contribution >= 4 is 39.2 Å². The number of aliphatic hydroxyl groups is 1. The number of hydrogen-bond donors (Lipinski definition) is 2. The van der Waals surface area contributed by atoms with Gasteiger partial charge in [0, 0.05) is 17.7 Å². The Balaban J connectivity index is 1.27. The molecule has 2 N–H and O–H groups in total. The van der Waals surface area contributed by atoms with Crippen molar-refractivity contribution < 1.29 is 19.4 Å². The van der Waals surface area contributed by atoms with E-state index in [0.717, 1.165) is 20.8 Å². The van der Waals surface area contributed by atoms with Crippen LogP contribution >= 0.6 is 11.3 Å². The average Bonchev–Trinajstić information content (AvgIpc) is 3.43. The van der Waals surface area contributed by atoms with Gasteiger partial charge in [0.2, 0.25) is 5.91 Å². The highest BCUT2D eigenvalue weighted by Gasteiger charge is 2.40. The van der Waals surface area contributed by atoms with Gasteiger partial charge in [0.05, 0.1) is 22.9 Å². The van der Waals surface area contributed by atoms with Crippen LogP contribution in [0.3, 0.4) is 0 Å². The standard InChI is InChI=1S/C26H23N3O4S/c1-16-7-12-21-23(13-16)34-25(28-21)17-8-10-18(11-9-17)27-24(31)22-14-19(30)15-29(22)26(32)33-20-5-3-2-4-6-20/h2-13,19,22,30H,14-15H2,1H3,(H,27,31)/t19-,22+/m0/s1. The molecule has 7 nitrogen and oxygen atoms in total. The second-order valence-corrected chi connectivity index (χ2v) is 9.33. The zero-order chi connectivity index (χ0) is 23.7. The third-order valence-electron chi connectivity index (χ3n) is 5.71. The van der Waals surface area contributed by atoms with Crippen LogP contribution in [0.2, 0.25) is 0 Å². The van der Waals surface area contributed by atoms with Gasteiger partial charge in [-0.25, -0.2) is 9.78 Å². The molecule has 1 saturated heterocycles. The Morgan fingerprint density at radius 3 is 2.62 bits per heavy atom. The van der Waals surface area contributed by atoms with E-state index < -0.39 is 18.2 Å². The summed E-state index contributed by atoms with van der Waals surface area (Å²) in [7, 11) is 0. The number of β-amino-alcohol motifs (C(OH)–C–C–N with tert-alkyl or cyclic N) is 1. The highest BCUT2D eigenvalue weighted by molar-refractivity contribution is 7.21. The summed E-state index contributed by atoms with van der Waals surface area (Å²) < 4.78 is 6.50. The topological polar surface area (TPSA) is 91.8 Å². The number of fused-ring (bicyclic) bond motifs is 1. The second-order valence-electron chi connectivity index (χ2n) is 8.30. The number of carbonyl (C=O) groups is 2. The van der Waals surface area contributed by atoms with E-state index in [1.807, 2.05) is 42.5 Å². The van der Waals surface area contributed by atoms with Gasteiger partial charge in [-0.15, -0.1) is 11.3 Å². The SMILES string of the molecule is Cc1ccc2nc(-c3ccc(NC(=O)[C@H]4C[C@H](O)CN4C(=O)Oc4ccccc4)cc3)sc2c1. The molecule has 1 aliphatic heterocycles. The number of aryl methyl sites for hydroxylation is 1. The van der Waals surface area contributed by atoms with Crippen LogP contribution in [-0.2, 0) is 4.79 Å². The number of para-hydroxylation sites is 1. The fourth-order valence-corrected chi connectivity index (χ4v) is 5.06. The maximum Gasteiger partial charge on any atom is 0.416 e. The maximum atomic E-state index is 12.9. The van der Waals surface area contributed by atoms with Crippen LogP contribution in [-0.4, -0.2) is 45.7 Å². The lowest BCUT2D eigenvalue weighted by Gasteiger charge is -2.23. The second kappa shape index (κ2) is 9.24. The predicted octanol–water partition coefficient (Wildman–Crippen LogP) is 4.84. The van der Waals surface area contributed by atoms with Crippen molar-refractivity contribution in [2.75, 3.05) is 11.9 Å². The first-order valence-corrected chi connectivity index (χ1v) is 11.8. The number of carbonyl (C=O) groups excluding carboxylic acids is 2. The van der Waals surface area contributed by atoms with E-state index >= 15 is 0 Å². The minimum Gasteiger partial charge on any atom is -0.410 e. The first-order chi connectivity index (χ1) is 16.5. The van der Waals surface area contributed by atoms with Crippen molar-refractivity contribution in [2.24, 2.45) is 0 Å². The van der Waals surface area contributed by atoms with Crippen molar-refractivity contribution in [2.45, 2.75) is 25.5 Å². The number of hydrogen-bond acceptors (Lipinski definition) is 6. The number of aliphatic hydroxyl groups excluding tert-OH is 1. The largest absolute Gasteiger partial charge is 0.416 e. The van der Waals surface area contributed by atoms with Crippen molar-refractivity contribution in [1.29, 1.82) is 0 Å². The normalized spacial score (nSPS) is 17.6. The Labute approximate surface area is 200 Å². The van der Waals surface area contributed by atoms with E-state index in [2.05, 4.69) is 18.3 Å². The molecule has 0 radical (unpaired) electrons. The fraction of sp³-hybridized carbons (Fsp3) is 0.192. The van der Waals surface area contributed by atoms with Crippen molar-refractivity contribution in [1.82, 2.24) is 9.88 Å². The van der Waals surface area contributed by atoms with Gasteiger partial charge >= 0.3 is 6.09 Å². The zero-order valence-electron chi connectivity index (χ0n) is 18.5. The molecule has 8 heteroatoms. The lowest BCUT2D eigenvalue weighted by atomic mass is 10.1. The lowest BCUT2D eigenvalue weighted by molar-refractivity contribution is -0.119. The van der Waals surface area contributed by atoms with Gasteiger partial charge in [-0.05, 0) is 61.0 Å². The smallest absolute Gasteiger partial charge is 0.410 e. The van der Waals surface area contributed by atoms with Gasteiger partial charge < -0.3 is 15.2 Å². The van der Waals surface area contributed by atoms with Crippen LogP contribution in [0.15, 0.2) is 72.8 Å². The van der Waals surface area contributed by atoms with E-state index in [9.17, 15) is 14.7 Å². The van der Waals surface area contributed by atoms with Gasteiger partial charge in [-0.2, -0.15) is 0 Å². The van der Waals surface area contributed by atoms with Gasteiger partial charge in [-0.1, -0.05) is 24.3 Å². The molecular weight excluding hydrogens is 450 g/mol. The molecule has 0 aliphatic carbocycles. The van der Waals surface area contributed by atoms with Crippen LogP contribution in [0.4, 0.5) is 10.5 Å². The van der Waals surface area contributed by atoms with E-state index in [1.165, 1.54) is 10.5 Å². The van der Waals surface area contributed by atoms with E-state index in [4.69, 9.17) is 9.72 Å². The van der Waals surface area contributed by atoms with Crippen molar-refractivity contribution in [3.63, 3.8) is 0 Å². The monoisotopic (exact) mass is 473 g/mol. The third-order valence-corrected chi connectivity index (χ3v) is 6.78. The molecular formula is C26H23N3O4S. The minimum atomic E-state index is -0.821. The van der Waals surface area contributed by atoms with Crippen LogP contribution in [0.25, 0.3) is 20.8 Å². The fourth-order valence-electron chi connectivity index (χ4n) is 3.99. The molecule has 1 aliphatic rings. The van der Waals surface area contributed by atoms with Crippen molar-refractivity contribution in [3.8, 4) is 16.3 Å². The number of rotatable bonds is 4. The molecule has 34 heavy (non-hydrogen) atoms. The molecule has 1 fully saturated rings. The summed E-state index contributed by atoms with van der Waals surface area (Å²) in [5, 5.41) is 13.9. The Kier molecular flexibility index (Phi) is 6.00. The summed E-state index contributed by atoms with van der Waals surface area (Å²) in [4.78, 5) is 31.5. The third kappa shape index (κ3) is 4.64. The van der Waals surface area contributed by atoms with Gasteiger partial charge in [0.1, 0.15) is 16.8 Å². The number of anilines is 1. The van der Waals surface area contributed by atoms with Crippen LogP contribution in [0.1, 0.15) is 12.0 Å². The summed E-state index contributed by atoms with van der Waals surface area (Å²) in [6, 6.07) is 21.4. The Bertz CT molecular complexity index is 1340. The molecule has 0 unspecified atom stereocenters. The minimum absolute atomic E-state index is 0.0414. The Morgan fingerprint density at radius 1 is 1.09 bits per heavy atom. The number of benzene rings is 3. The molecule has 4 aromatic rings. The molecule has 2 heterocycles. The van der Waals surface area contributed by atoms with Gasteiger partial charge in [0.15, 0.2) is 0 Å². The Morgan fingerprint density at radius 2 is 1.85 bits per heavy atom. The maximum absolute atomic E-state index is 12.9. The quantitative estimate of drug-likeness (QED) is 0.442. The number of ether oxygens (including phenoxy) is 1. The summed E-state index contributed by atoms with van der Waals surface area (Å²) >= 11 is 1.62. The highest BCUT2D eigenvalue weighted by atomic mass is 32.1. The van der Waals surface area contributed by atoms with Gasteiger partial charge in [-0.3, -0.25) is 9.69 Å². The molecule has 2 atom stereocenters. The number of nitrogens with one attached hydrogen (secondary N) is 1.